The van der Waals surface area contributed by atoms with Gasteiger partial charge in [0.25, 0.3) is 17.3 Å². The standard InChI is InChI=1S/C17H13F2N3O2.C9H9Br.C8H5F2N3O2/c18-15(19)17-21-20-16(24-17)13-8-10-22(14(23)11-13)9-4-7-12-5-2-1-3-6-12;10-8-4-7-9-5-2-1-3-6-9;9-6(10)8-13-12-7(15-8)4-1-2-11-5(14)3-4/h1-8,10-11,15H,9H2;1-7H,8H2;1-3,6H,(H,11,14)/b2*7-4+;. The van der Waals surface area contributed by atoms with E-state index in [-0.39, 0.29) is 22.9 Å². The van der Waals surface area contributed by atoms with Gasteiger partial charge >= 0.3 is 12.9 Å². The molecule has 4 heterocycles. The van der Waals surface area contributed by atoms with Gasteiger partial charge in [0.1, 0.15) is 0 Å². The van der Waals surface area contributed by atoms with Crippen LogP contribution >= 0.6 is 15.9 Å². The summed E-state index contributed by atoms with van der Waals surface area (Å²) < 4.78 is 60.1. The van der Waals surface area contributed by atoms with Crippen molar-refractivity contribution in [3.63, 3.8) is 0 Å². The fourth-order valence-corrected chi connectivity index (χ4v) is 4.05. The Morgan fingerprint density at radius 3 is 1.71 bits per heavy atom. The summed E-state index contributed by atoms with van der Waals surface area (Å²) in [5.74, 6) is -1.73. The largest absolute Gasteiger partial charge is 0.415 e. The molecule has 4 aromatic heterocycles. The van der Waals surface area contributed by atoms with E-state index in [1.54, 1.807) is 12.3 Å². The van der Waals surface area contributed by atoms with Gasteiger partial charge in [-0.1, -0.05) is 101 Å². The predicted octanol–water partition coefficient (Wildman–Crippen LogP) is 8.01. The fourth-order valence-electron chi connectivity index (χ4n) is 3.86. The van der Waals surface area contributed by atoms with Gasteiger partial charge in [-0.15, -0.1) is 20.4 Å². The molecule has 2 aromatic carbocycles. The Morgan fingerprint density at radius 1 is 0.714 bits per heavy atom. The van der Waals surface area contributed by atoms with Crippen molar-refractivity contribution in [3.05, 3.63) is 153 Å². The number of alkyl halides is 5. The van der Waals surface area contributed by atoms with Crippen molar-refractivity contribution >= 4 is 28.1 Å². The zero-order valence-electron chi connectivity index (χ0n) is 25.4. The van der Waals surface area contributed by atoms with Crippen LogP contribution in [0.2, 0.25) is 0 Å². The summed E-state index contributed by atoms with van der Waals surface area (Å²) in [5.41, 5.74) is 2.24. The van der Waals surface area contributed by atoms with Crippen LogP contribution in [0.4, 0.5) is 17.6 Å². The van der Waals surface area contributed by atoms with E-state index in [0.29, 0.717) is 17.7 Å². The summed E-state index contributed by atoms with van der Waals surface area (Å²) in [7, 11) is 0. The molecule has 0 radical (unpaired) electrons. The number of aromatic nitrogens is 6. The van der Waals surface area contributed by atoms with Crippen LogP contribution in [0.3, 0.4) is 0 Å². The number of benzene rings is 2. The molecule has 0 saturated carbocycles. The highest BCUT2D eigenvalue weighted by Crippen LogP contribution is 2.23. The third kappa shape index (κ3) is 11.5. The zero-order valence-corrected chi connectivity index (χ0v) is 27.0. The highest BCUT2D eigenvalue weighted by atomic mass is 79.9. The molecule has 0 saturated heterocycles. The van der Waals surface area contributed by atoms with Gasteiger partial charge in [0.15, 0.2) is 0 Å². The van der Waals surface area contributed by atoms with Crippen LogP contribution in [0.25, 0.3) is 35.1 Å². The Morgan fingerprint density at radius 2 is 1.24 bits per heavy atom. The van der Waals surface area contributed by atoms with Gasteiger partial charge in [0, 0.05) is 47.5 Å². The number of allylic oxidation sites excluding steroid dienone is 2. The van der Waals surface area contributed by atoms with Crippen LogP contribution in [0.15, 0.2) is 128 Å². The second-order valence-electron chi connectivity index (χ2n) is 9.62. The average Bonchev–Trinajstić information content (AvgIpc) is 3.82. The molecule has 0 aliphatic rings. The van der Waals surface area contributed by atoms with Gasteiger partial charge < -0.3 is 18.4 Å². The summed E-state index contributed by atoms with van der Waals surface area (Å²) in [5, 5.41) is 14.2. The SMILES string of the molecule is BrC/C=C/c1ccccc1.O=c1cc(-c2nnc(C(F)F)o2)cc[nH]1.O=c1cc(-c2nnc(C(F)F)o2)ccn1C/C=C/c1ccccc1. The van der Waals surface area contributed by atoms with Crippen LogP contribution in [-0.4, -0.2) is 35.3 Å². The summed E-state index contributed by atoms with van der Waals surface area (Å²) in [6.07, 6.45) is 5.21. The Bertz CT molecular complexity index is 2060. The van der Waals surface area contributed by atoms with E-state index >= 15 is 0 Å². The van der Waals surface area contributed by atoms with Crippen molar-refractivity contribution in [1.82, 2.24) is 29.9 Å². The Kier molecular flexibility index (Phi) is 13.7. The molecule has 0 aliphatic carbocycles. The first-order valence-corrected chi connectivity index (χ1v) is 15.5. The van der Waals surface area contributed by atoms with Crippen LogP contribution in [0.1, 0.15) is 35.8 Å². The summed E-state index contributed by atoms with van der Waals surface area (Å²) >= 11 is 3.32. The van der Waals surface area contributed by atoms with Gasteiger partial charge in [-0.2, -0.15) is 17.6 Å². The molecule has 0 spiro atoms. The maximum Gasteiger partial charge on any atom is 0.314 e. The van der Waals surface area contributed by atoms with E-state index in [4.69, 9.17) is 4.42 Å². The third-order valence-electron chi connectivity index (χ3n) is 6.13. The molecule has 0 fully saturated rings. The zero-order chi connectivity index (χ0) is 35.0. The molecule has 252 valence electrons. The van der Waals surface area contributed by atoms with Crippen LogP contribution in [0, 0.1) is 0 Å². The van der Waals surface area contributed by atoms with E-state index in [1.165, 1.54) is 34.5 Å². The van der Waals surface area contributed by atoms with Crippen molar-refractivity contribution in [2.75, 3.05) is 5.33 Å². The molecule has 15 heteroatoms. The number of halogens is 5. The van der Waals surface area contributed by atoms with Gasteiger partial charge in [0.2, 0.25) is 17.3 Å². The predicted molar refractivity (Wildman–Crippen MR) is 179 cm³/mol. The van der Waals surface area contributed by atoms with Crippen molar-refractivity contribution < 1.29 is 26.4 Å². The van der Waals surface area contributed by atoms with Crippen molar-refractivity contribution in [1.29, 1.82) is 0 Å². The number of hydrogen-bond donors (Lipinski definition) is 1. The lowest BCUT2D eigenvalue weighted by Gasteiger charge is -2.02. The van der Waals surface area contributed by atoms with Crippen LogP contribution in [-0.2, 0) is 6.54 Å². The summed E-state index contributed by atoms with van der Waals surface area (Å²) in [6, 6.07) is 25.5. The minimum atomic E-state index is -2.84. The minimum absolute atomic E-state index is 0.101. The topological polar surface area (TPSA) is 133 Å². The van der Waals surface area contributed by atoms with Crippen molar-refractivity contribution in [3.8, 4) is 22.9 Å². The first-order valence-electron chi connectivity index (χ1n) is 14.4. The molecule has 6 rings (SSSR count). The van der Waals surface area contributed by atoms with E-state index in [2.05, 4.69) is 70.0 Å². The van der Waals surface area contributed by atoms with Crippen molar-refractivity contribution in [2.45, 2.75) is 19.4 Å². The molecule has 0 atom stereocenters. The third-order valence-corrected chi connectivity index (χ3v) is 6.50. The van der Waals surface area contributed by atoms with Gasteiger partial charge in [-0.25, -0.2) is 0 Å². The normalized spacial score (nSPS) is 11.1. The lowest BCUT2D eigenvalue weighted by atomic mass is 10.2. The molecule has 1 N–H and O–H groups in total. The first-order chi connectivity index (χ1) is 23.7. The van der Waals surface area contributed by atoms with Crippen molar-refractivity contribution in [2.24, 2.45) is 0 Å². The fraction of sp³-hybridized carbons (Fsp3) is 0.118. The van der Waals surface area contributed by atoms with Gasteiger partial charge in [0.05, 0.1) is 0 Å². The molecule has 10 nitrogen and oxygen atoms in total. The lowest BCUT2D eigenvalue weighted by molar-refractivity contribution is 0.115. The molecular formula is C34H27BrF4N6O4. The Labute approximate surface area is 284 Å². The molecule has 0 bridgehead atoms. The molecule has 0 aliphatic heterocycles. The number of hydrogen-bond acceptors (Lipinski definition) is 8. The van der Waals surface area contributed by atoms with E-state index < -0.39 is 24.6 Å². The maximum atomic E-state index is 12.4. The number of aromatic amines is 1. The number of pyridine rings is 2. The monoisotopic (exact) mass is 738 g/mol. The lowest BCUT2D eigenvalue weighted by Crippen LogP contribution is -2.17. The van der Waals surface area contributed by atoms with Crippen LogP contribution < -0.4 is 11.1 Å². The molecular weight excluding hydrogens is 712 g/mol. The number of nitrogens with zero attached hydrogens (tertiary/aromatic N) is 5. The summed E-state index contributed by atoms with van der Waals surface area (Å²) in [4.78, 5) is 25.4. The minimum Gasteiger partial charge on any atom is -0.415 e. The second-order valence-corrected chi connectivity index (χ2v) is 10.3. The second kappa shape index (κ2) is 18.6. The van der Waals surface area contributed by atoms with Crippen LogP contribution in [0.5, 0.6) is 0 Å². The first kappa shape index (κ1) is 36.1. The smallest absolute Gasteiger partial charge is 0.314 e. The molecule has 6 aromatic rings. The highest BCUT2D eigenvalue weighted by molar-refractivity contribution is 9.09. The van der Waals surface area contributed by atoms with Gasteiger partial charge in [-0.05, 0) is 23.3 Å². The van der Waals surface area contributed by atoms with E-state index in [0.717, 1.165) is 10.9 Å². The maximum absolute atomic E-state index is 12.4. The Balaban J connectivity index is 0.000000184. The van der Waals surface area contributed by atoms with E-state index in [1.807, 2.05) is 60.7 Å². The molecule has 49 heavy (non-hydrogen) atoms. The summed E-state index contributed by atoms with van der Waals surface area (Å²) in [6.45, 7) is 0.389. The number of rotatable bonds is 9. The van der Waals surface area contributed by atoms with E-state index in [9.17, 15) is 27.2 Å². The number of nitrogens with one attached hydrogen (secondary N) is 1. The quantitative estimate of drug-likeness (QED) is 0.117. The average molecular weight is 740 g/mol. The number of H-pyrrole nitrogens is 1. The molecule has 0 unspecified atom stereocenters. The highest BCUT2D eigenvalue weighted by Gasteiger charge is 2.18. The molecule has 0 amide bonds. The van der Waals surface area contributed by atoms with Gasteiger partial charge in [-0.3, -0.25) is 9.59 Å². The Hall–Kier alpha value is -5.70.